The minimum absolute atomic E-state index is 0.0361. The Balaban J connectivity index is 1.54. The van der Waals surface area contributed by atoms with Crippen molar-refractivity contribution in [1.29, 1.82) is 0 Å². The number of aryl methyl sites for hydroxylation is 1. The fourth-order valence-electron chi connectivity index (χ4n) is 2.53. The number of nitrogens with one attached hydrogen (secondary N) is 2. The fourth-order valence-corrected chi connectivity index (χ4v) is 2.53. The average molecular weight is 258 g/mol. The molecule has 0 atom stereocenters. The van der Waals surface area contributed by atoms with E-state index in [2.05, 4.69) is 41.8 Å². The van der Waals surface area contributed by atoms with Gasteiger partial charge >= 0.3 is 0 Å². The van der Waals surface area contributed by atoms with E-state index in [1.165, 1.54) is 24.0 Å². The number of rotatable bonds is 6. The predicted octanol–water partition coefficient (Wildman–Crippen LogP) is 1.94. The molecule has 19 heavy (non-hydrogen) atoms. The van der Waals surface area contributed by atoms with Crippen molar-refractivity contribution < 1.29 is 4.79 Å². The van der Waals surface area contributed by atoms with Crippen molar-refractivity contribution in [2.24, 2.45) is 0 Å². The molecule has 0 aromatic heterocycles. The van der Waals surface area contributed by atoms with E-state index in [9.17, 15) is 4.79 Å². The highest BCUT2D eigenvalue weighted by Gasteiger charge is 2.44. The van der Waals surface area contributed by atoms with Gasteiger partial charge in [-0.15, -0.1) is 0 Å². The van der Waals surface area contributed by atoms with Crippen molar-refractivity contribution in [3.05, 3.63) is 35.4 Å². The number of hydrogen-bond acceptors (Lipinski definition) is 2. The normalized spacial score (nSPS) is 20.1. The highest BCUT2D eigenvalue weighted by Crippen LogP contribution is 2.39. The van der Waals surface area contributed by atoms with Gasteiger partial charge in [0.1, 0.15) is 0 Å². The van der Waals surface area contributed by atoms with Crippen LogP contribution in [-0.2, 0) is 11.2 Å². The largest absolute Gasteiger partial charge is 0.349 e. The van der Waals surface area contributed by atoms with E-state index in [-0.39, 0.29) is 11.4 Å². The van der Waals surface area contributed by atoms with Crippen LogP contribution in [0.15, 0.2) is 24.3 Å². The Morgan fingerprint density at radius 3 is 2.68 bits per heavy atom. The molecule has 0 spiro atoms. The summed E-state index contributed by atoms with van der Waals surface area (Å²) in [6.45, 7) is 2.61. The van der Waals surface area contributed by atoms with Gasteiger partial charge in [-0.2, -0.15) is 0 Å². The second-order valence-corrected chi connectivity index (χ2v) is 6.09. The van der Waals surface area contributed by atoms with Crippen molar-refractivity contribution in [1.82, 2.24) is 10.6 Å². The summed E-state index contributed by atoms with van der Waals surface area (Å²) in [7, 11) is 0. The molecule has 3 nitrogen and oxygen atoms in total. The maximum atomic E-state index is 11.9. The molecule has 1 aromatic rings. The van der Waals surface area contributed by atoms with Gasteiger partial charge < -0.3 is 10.6 Å². The van der Waals surface area contributed by atoms with Crippen LogP contribution >= 0.6 is 0 Å². The standard InChI is InChI=1S/C16H22N2O/c1-12-4-2-3-5-13(12)10-16(8-9-16)18-15(19)11-17-14-6-7-14/h2-5,14,17H,6-11H2,1H3,(H,18,19). The summed E-state index contributed by atoms with van der Waals surface area (Å²) in [6, 6.07) is 9.05. The quantitative estimate of drug-likeness (QED) is 0.818. The predicted molar refractivity (Wildman–Crippen MR) is 76.0 cm³/mol. The highest BCUT2D eigenvalue weighted by atomic mass is 16.2. The van der Waals surface area contributed by atoms with Gasteiger partial charge in [-0.3, -0.25) is 4.79 Å². The summed E-state index contributed by atoms with van der Waals surface area (Å²) in [4.78, 5) is 11.9. The third kappa shape index (κ3) is 3.35. The summed E-state index contributed by atoms with van der Waals surface area (Å²) in [5.74, 6) is 0.151. The number of benzene rings is 1. The smallest absolute Gasteiger partial charge is 0.234 e. The molecular weight excluding hydrogens is 236 g/mol. The van der Waals surface area contributed by atoms with Crippen molar-refractivity contribution in [2.45, 2.75) is 50.6 Å². The number of hydrogen-bond donors (Lipinski definition) is 2. The summed E-state index contributed by atoms with van der Waals surface area (Å²) in [5.41, 5.74) is 2.71. The van der Waals surface area contributed by atoms with E-state index in [1.807, 2.05) is 0 Å². The molecule has 0 heterocycles. The van der Waals surface area contributed by atoms with Gasteiger partial charge in [0.15, 0.2) is 0 Å². The van der Waals surface area contributed by atoms with Crippen molar-refractivity contribution >= 4 is 5.91 Å². The van der Waals surface area contributed by atoms with Crippen LogP contribution in [0.5, 0.6) is 0 Å². The molecule has 0 unspecified atom stereocenters. The molecule has 1 aromatic carbocycles. The van der Waals surface area contributed by atoms with Crippen molar-refractivity contribution in [2.75, 3.05) is 6.54 Å². The lowest BCUT2D eigenvalue weighted by atomic mass is 9.99. The van der Waals surface area contributed by atoms with Crippen LogP contribution in [0.4, 0.5) is 0 Å². The van der Waals surface area contributed by atoms with Crippen LogP contribution in [0.2, 0.25) is 0 Å². The van der Waals surface area contributed by atoms with Crippen LogP contribution in [0.25, 0.3) is 0 Å². The summed E-state index contributed by atoms with van der Waals surface area (Å²) < 4.78 is 0. The summed E-state index contributed by atoms with van der Waals surface area (Å²) in [5, 5.41) is 6.49. The maximum absolute atomic E-state index is 11.9. The molecule has 2 fully saturated rings. The summed E-state index contributed by atoms with van der Waals surface area (Å²) in [6.07, 6.45) is 5.63. The molecule has 0 bridgehead atoms. The lowest BCUT2D eigenvalue weighted by molar-refractivity contribution is -0.121. The molecule has 102 valence electrons. The second kappa shape index (κ2) is 4.97. The molecule has 0 radical (unpaired) electrons. The van der Waals surface area contributed by atoms with Crippen LogP contribution in [0, 0.1) is 6.92 Å². The Labute approximate surface area is 114 Å². The van der Waals surface area contributed by atoms with E-state index < -0.39 is 0 Å². The van der Waals surface area contributed by atoms with E-state index >= 15 is 0 Å². The molecule has 2 saturated carbocycles. The fraction of sp³-hybridized carbons (Fsp3) is 0.562. The lowest BCUT2D eigenvalue weighted by Crippen LogP contribution is -2.43. The summed E-state index contributed by atoms with van der Waals surface area (Å²) >= 11 is 0. The van der Waals surface area contributed by atoms with Crippen LogP contribution in [0.1, 0.15) is 36.8 Å². The monoisotopic (exact) mass is 258 g/mol. The molecule has 2 aliphatic carbocycles. The molecule has 2 N–H and O–H groups in total. The van der Waals surface area contributed by atoms with E-state index in [0.717, 1.165) is 19.3 Å². The zero-order valence-corrected chi connectivity index (χ0v) is 11.5. The third-order valence-electron chi connectivity index (χ3n) is 4.18. The van der Waals surface area contributed by atoms with Gasteiger partial charge in [0.25, 0.3) is 0 Å². The van der Waals surface area contributed by atoms with Crippen molar-refractivity contribution in [3.8, 4) is 0 Å². The van der Waals surface area contributed by atoms with Crippen LogP contribution in [0.3, 0.4) is 0 Å². The van der Waals surface area contributed by atoms with Crippen LogP contribution < -0.4 is 10.6 Å². The van der Waals surface area contributed by atoms with Crippen LogP contribution in [-0.4, -0.2) is 24.0 Å². The second-order valence-electron chi connectivity index (χ2n) is 6.09. The van der Waals surface area contributed by atoms with Gasteiger partial charge in [0.05, 0.1) is 6.54 Å². The Kier molecular flexibility index (Phi) is 3.31. The molecule has 2 aliphatic rings. The topological polar surface area (TPSA) is 41.1 Å². The van der Waals surface area contributed by atoms with E-state index in [4.69, 9.17) is 0 Å². The zero-order valence-electron chi connectivity index (χ0n) is 11.5. The van der Waals surface area contributed by atoms with Crippen molar-refractivity contribution in [3.63, 3.8) is 0 Å². The maximum Gasteiger partial charge on any atom is 0.234 e. The first-order valence-electron chi connectivity index (χ1n) is 7.26. The first kappa shape index (κ1) is 12.7. The average Bonchev–Trinajstić information content (AvgIpc) is 3.27. The van der Waals surface area contributed by atoms with Gasteiger partial charge in [-0.05, 0) is 50.2 Å². The third-order valence-corrected chi connectivity index (χ3v) is 4.18. The van der Waals surface area contributed by atoms with Gasteiger partial charge in [0, 0.05) is 11.6 Å². The minimum atomic E-state index is 0.0361. The Morgan fingerprint density at radius 1 is 1.32 bits per heavy atom. The van der Waals surface area contributed by atoms with Gasteiger partial charge in [-0.25, -0.2) is 0 Å². The van der Waals surface area contributed by atoms with E-state index in [0.29, 0.717) is 12.6 Å². The molecular formula is C16H22N2O. The Hall–Kier alpha value is -1.35. The number of carbonyl (C=O) groups is 1. The Morgan fingerprint density at radius 2 is 2.05 bits per heavy atom. The highest BCUT2D eigenvalue weighted by molar-refractivity contribution is 5.79. The Bertz CT molecular complexity index is 475. The zero-order chi connectivity index (χ0) is 13.3. The molecule has 3 heteroatoms. The molecule has 0 saturated heterocycles. The number of amides is 1. The van der Waals surface area contributed by atoms with E-state index in [1.54, 1.807) is 0 Å². The first-order valence-corrected chi connectivity index (χ1v) is 7.26. The first-order chi connectivity index (χ1) is 9.17. The van der Waals surface area contributed by atoms with Gasteiger partial charge in [-0.1, -0.05) is 24.3 Å². The minimum Gasteiger partial charge on any atom is -0.349 e. The molecule has 1 amide bonds. The number of carbonyl (C=O) groups excluding carboxylic acids is 1. The molecule has 3 rings (SSSR count). The SMILES string of the molecule is Cc1ccccc1CC1(NC(=O)CNC2CC2)CC1. The van der Waals surface area contributed by atoms with Gasteiger partial charge in [0.2, 0.25) is 5.91 Å². The molecule has 0 aliphatic heterocycles. The lowest BCUT2D eigenvalue weighted by Gasteiger charge is -2.19.